The molecule has 0 saturated carbocycles. The molecule has 0 amide bonds. The number of aryl methyl sites for hydroxylation is 1. The molecule has 0 fully saturated rings. The number of aromatic nitrogens is 1. The minimum absolute atomic E-state index is 0.439. The number of alkyl halides is 3. The minimum Gasteiger partial charge on any atom is -0.330 e. The van der Waals surface area contributed by atoms with Gasteiger partial charge in [-0.05, 0) is 44.0 Å². The monoisotopic (exact) mass is 288 g/mol. The van der Waals surface area contributed by atoms with E-state index in [1.54, 1.807) is 0 Å². The molecule has 2 aromatic rings. The summed E-state index contributed by atoms with van der Waals surface area (Å²) in [5.74, 6) is 0. The van der Waals surface area contributed by atoms with E-state index in [4.69, 9.17) is 5.73 Å². The van der Waals surface area contributed by atoms with Crippen LogP contribution in [0.3, 0.4) is 0 Å². The number of thiazole rings is 1. The van der Waals surface area contributed by atoms with Crippen molar-refractivity contribution in [1.82, 2.24) is 4.98 Å². The lowest BCUT2D eigenvalue weighted by Crippen LogP contribution is -2.03. The normalized spacial score (nSPS) is 12.2. The summed E-state index contributed by atoms with van der Waals surface area (Å²) in [5.41, 5.74) is 5.21. The van der Waals surface area contributed by atoms with Gasteiger partial charge in [0.1, 0.15) is 0 Å². The van der Waals surface area contributed by atoms with Gasteiger partial charge in [-0.3, -0.25) is 0 Å². The molecule has 2 N–H and O–H groups in total. The van der Waals surface area contributed by atoms with Gasteiger partial charge in [0, 0.05) is 0 Å². The van der Waals surface area contributed by atoms with Gasteiger partial charge in [-0.2, -0.15) is 13.2 Å². The second-order valence-electron chi connectivity index (χ2n) is 4.39. The molecule has 0 radical (unpaired) electrons. The van der Waals surface area contributed by atoms with Gasteiger partial charge >= 0.3 is 6.18 Å². The van der Waals surface area contributed by atoms with Crippen molar-refractivity contribution in [2.45, 2.75) is 31.9 Å². The van der Waals surface area contributed by atoms with Crippen molar-refractivity contribution >= 4 is 21.6 Å². The summed E-state index contributed by atoms with van der Waals surface area (Å²) in [6, 6.07) is 3.73. The van der Waals surface area contributed by atoms with E-state index in [2.05, 4.69) is 4.98 Å². The standard InChI is InChI=1S/C13H15F3N2S/c14-13(15,16)9-5-6-11-10(8-9)18-12(19-11)4-2-1-3-7-17/h5-6,8H,1-4,7,17H2. The van der Waals surface area contributed by atoms with Gasteiger partial charge in [0.25, 0.3) is 0 Å². The molecular formula is C13H15F3N2S. The van der Waals surface area contributed by atoms with E-state index in [9.17, 15) is 13.2 Å². The number of hydrogen-bond acceptors (Lipinski definition) is 3. The van der Waals surface area contributed by atoms with Crippen LogP contribution < -0.4 is 5.73 Å². The van der Waals surface area contributed by atoms with Crippen molar-refractivity contribution in [3.63, 3.8) is 0 Å². The fourth-order valence-corrected chi connectivity index (χ4v) is 2.85. The molecule has 6 heteroatoms. The minimum atomic E-state index is -4.31. The highest BCUT2D eigenvalue weighted by Gasteiger charge is 2.30. The fourth-order valence-electron chi connectivity index (χ4n) is 1.86. The molecule has 19 heavy (non-hydrogen) atoms. The molecule has 0 aliphatic rings. The second kappa shape index (κ2) is 5.88. The highest BCUT2D eigenvalue weighted by molar-refractivity contribution is 7.18. The van der Waals surface area contributed by atoms with Crippen molar-refractivity contribution in [1.29, 1.82) is 0 Å². The Morgan fingerprint density at radius 3 is 2.63 bits per heavy atom. The van der Waals surface area contributed by atoms with E-state index in [0.29, 0.717) is 12.1 Å². The van der Waals surface area contributed by atoms with E-state index in [1.807, 2.05) is 0 Å². The number of benzene rings is 1. The van der Waals surface area contributed by atoms with Crippen LogP contribution in [-0.4, -0.2) is 11.5 Å². The van der Waals surface area contributed by atoms with Crippen molar-refractivity contribution in [2.24, 2.45) is 5.73 Å². The van der Waals surface area contributed by atoms with Crippen LogP contribution in [0, 0.1) is 0 Å². The van der Waals surface area contributed by atoms with E-state index >= 15 is 0 Å². The smallest absolute Gasteiger partial charge is 0.330 e. The summed E-state index contributed by atoms with van der Waals surface area (Å²) in [7, 11) is 0. The van der Waals surface area contributed by atoms with Gasteiger partial charge in [0.2, 0.25) is 0 Å². The van der Waals surface area contributed by atoms with Crippen molar-refractivity contribution in [3.8, 4) is 0 Å². The summed E-state index contributed by atoms with van der Waals surface area (Å²) in [6.07, 6.45) is -0.522. The maximum Gasteiger partial charge on any atom is 0.416 e. The molecule has 1 aromatic carbocycles. The average molecular weight is 288 g/mol. The van der Waals surface area contributed by atoms with Crippen molar-refractivity contribution in [2.75, 3.05) is 6.54 Å². The van der Waals surface area contributed by atoms with Crippen LogP contribution in [0.1, 0.15) is 29.8 Å². The predicted octanol–water partition coefficient (Wildman–Crippen LogP) is 3.99. The number of nitrogens with two attached hydrogens (primary N) is 1. The predicted molar refractivity (Wildman–Crippen MR) is 71.2 cm³/mol. The number of fused-ring (bicyclic) bond motifs is 1. The highest BCUT2D eigenvalue weighted by atomic mass is 32.1. The Morgan fingerprint density at radius 1 is 1.16 bits per heavy atom. The van der Waals surface area contributed by atoms with E-state index in [-0.39, 0.29) is 0 Å². The van der Waals surface area contributed by atoms with Crippen LogP contribution in [0.25, 0.3) is 10.2 Å². The van der Waals surface area contributed by atoms with Gasteiger partial charge in [0.15, 0.2) is 0 Å². The first kappa shape index (κ1) is 14.3. The maximum atomic E-state index is 12.6. The van der Waals surface area contributed by atoms with Gasteiger partial charge < -0.3 is 5.73 Å². The molecule has 1 aromatic heterocycles. The van der Waals surface area contributed by atoms with E-state index < -0.39 is 11.7 Å². The maximum absolute atomic E-state index is 12.6. The summed E-state index contributed by atoms with van der Waals surface area (Å²) >= 11 is 1.46. The molecule has 0 bridgehead atoms. The zero-order chi connectivity index (χ0) is 13.9. The molecule has 2 rings (SSSR count). The summed E-state index contributed by atoms with van der Waals surface area (Å²) in [5, 5.41) is 0.895. The summed E-state index contributed by atoms with van der Waals surface area (Å²) < 4.78 is 38.5. The fraction of sp³-hybridized carbons (Fsp3) is 0.462. The zero-order valence-electron chi connectivity index (χ0n) is 10.3. The third kappa shape index (κ3) is 3.67. The number of nitrogens with zero attached hydrogens (tertiary/aromatic N) is 1. The molecule has 0 atom stereocenters. The lowest BCUT2D eigenvalue weighted by Gasteiger charge is -2.04. The molecule has 0 unspecified atom stereocenters. The Kier molecular flexibility index (Phi) is 4.42. The molecular weight excluding hydrogens is 273 g/mol. The highest BCUT2D eigenvalue weighted by Crippen LogP contribution is 2.33. The van der Waals surface area contributed by atoms with Crippen molar-refractivity contribution in [3.05, 3.63) is 28.8 Å². The van der Waals surface area contributed by atoms with Crippen LogP contribution in [0.4, 0.5) is 13.2 Å². The average Bonchev–Trinajstić information content (AvgIpc) is 2.75. The SMILES string of the molecule is NCCCCCc1nc2cc(C(F)(F)F)ccc2s1. The molecule has 2 nitrogen and oxygen atoms in total. The first-order valence-corrected chi connectivity index (χ1v) is 6.99. The lowest BCUT2D eigenvalue weighted by molar-refractivity contribution is -0.137. The summed E-state index contributed by atoms with van der Waals surface area (Å²) in [6.45, 7) is 0.675. The number of unbranched alkanes of at least 4 members (excludes halogenated alkanes) is 2. The molecule has 0 saturated heterocycles. The van der Waals surface area contributed by atoms with Gasteiger partial charge in [-0.25, -0.2) is 4.98 Å². The Balaban J connectivity index is 2.12. The third-order valence-corrected chi connectivity index (χ3v) is 3.95. The number of halogens is 3. The topological polar surface area (TPSA) is 38.9 Å². The van der Waals surface area contributed by atoms with Crippen LogP contribution in [0.2, 0.25) is 0 Å². The molecule has 104 valence electrons. The van der Waals surface area contributed by atoms with Crippen LogP contribution in [-0.2, 0) is 12.6 Å². The van der Waals surface area contributed by atoms with E-state index in [0.717, 1.165) is 47.5 Å². The number of hydrogen-bond donors (Lipinski definition) is 1. The van der Waals surface area contributed by atoms with Crippen LogP contribution in [0.5, 0.6) is 0 Å². The Bertz CT molecular complexity index is 548. The van der Waals surface area contributed by atoms with Crippen molar-refractivity contribution < 1.29 is 13.2 Å². The third-order valence-electron chi connectivity index (χ3n) is 2.85. The second-order valence-corrected chi connectivity index (χ2v) is 5.50. The Hall–Kier alpha value is -1.14. The quantitative estimate of drug-likeness (QED) is 0.845. The first-order chi connectivity index (χ1) is 9.00. The van der Waals surface area contributed by atoms with Crippen LogP contribution in [0.15, 0.2) is 18.2 Å². The lowest BCUT2D eigenvalue weighted by atomic mass is 10.2. The Morgan fingerprint density at radius 2 is 1.95 bits per heavy atom. The van der Waals surface area contributed by atoms with Gasteiger partial charge in [-0.1, -0.05) is 6.42 Å². The first-order valence-electron chi connectivity index (χ1n) is 6.17. The number of rotatable bonds is 5. The molecule has 0 spiro atoms. The summed E-state index contributed by atoms with van der Waals surface area (Å²) in [4.78, 5) is 4.27. The Labute approximate surface area is 113 Å². The largest absolute Gasteiger partial charge is 0.416 e. The van der Waals surface area contributed by atoms with E-state index in [1.165, 1.54) is 17.4 Å². The molecule has 1 heterocycles. The van der Waals surface area contributed by atoms with Gasteiger partial charge in [0.05, 0.1) is 20.8 Å². The molecule has 0 aliphatic heterocycles. The van der Waals surface area contributed by atoms with Gasteiger partial charge in [-0.15, -0.1) is 11.3 Å². The molecule has 0 aliphatic carbocycles. The zero-order valence-corrected chi connectivity index (χ0v) is 11.2. The van der Waals surface area contributed by atoms with Crippen LogP contribution >= 0.6 is 11.3 Å².